The van der Waals surface area contributed by atoms with Crippen molar-refractivity contribution >= 4 is 23.2 Å². The molecule has 2 amide bonds. The van der Waals surface area contributed by atoms with Gasteiger partial charge in [-0.1, -0.05) is 17.7 Å². The third-order valence-electron chi connectivity index (χ3n) is 3.39. The Labute approximate surface area is 134 Å². The SMILES string of the molecule is Cc1cc(C)c(NC(=O)CC(=O)Nc2ccc(F)cc2)c(C)c1. The zero-order valence-electron chi connectivity index (χ0n) is 13.4. The summed E-state index contributed by atoms with van der Waals surface area (Å²) in [6.07, 6.45) is -0.301. The van der Waals surface area contributed by atoms with Crippen LogP contribution in [-0.2, 0) is 9.59 Å². The lowest BCUT2D eigenvalue weighted by Gasteiger charge is -2.13. The normalized spacial score (nSPS) is 10.3. The van der Waals surface area contributed by atoms with E-state index < -0.39 is 5.91 Å². The zero-order chi connectivity index (χ0) is 17.0. The Morgan fingerprint density at radius 1 is 0.913 bits per heavy atom. The molecule has 120 valence electrons. The predicted molar refractivity (Wildman–Crippen MR) is 88.9 cm³/mol. The number of nitrogens with one attached hydrogen (secondary N) is 2. The highest BCUT2D eigenvalue weighted by Crippen LogP contribution is 2.22. The van der Waals surface area contributed by atoms with Crippen molar-refractivity contribution in [2.45, 2.75) is 27.2 Å². The van der Waals surface area contributed by atoms with E-state index in [4.69, 9.17) is 0 Å². The summed E-state index contributed by atoms with van der Waals surface area (Å²) < 4.78 is 12.8. The van der Waals surface area contributed by atoms with Crippen molar-refractivity contribution < 1.29 is 14.0 Å². The smallest absolute Gasteiger partial charge is 0.233 e. The minimum Gasteiger partial charge on any atom is -0.326 e. The second-order valence-corrected chi connectivity index (χ2v) is 5.55. The van der Waals surface area contributed by atoms with Crippen LogP contribution in [0.2, 0.25) is 0 Å². The van der Waals surface area contributed by atoms with Gasteiger partial charge in [-0.25, -0.2) is 4.39 Å². The third-order valence-corrected chi connectivity index (χ3v) is 3.39. The summed E-state index contributed by atoms with van der Waals surface area (Å²) in [7, 11) is 0. The molecule has 0 radical (unpaired) electrons. The quantitative estimate of drug-likeness (QED) is 0.845. The molecule has 0 unspecified atom stereocenters. The fraction of sp³-hybridized carbons (Fsp3) is 0.222. The molecule has 0 saturated heterocycles. The van der Waals surface area contributed by atoms with Gasteiger partial charge in [0.1, 0.15) is 12.2 Å². The molecule has 2 N–H and O–H groups in total. The van der Waals surface area contributed by atoms with E-state index in [1.807, 2.05) is 32.9 Å². The summed E-state index contributed by atoms with van der Waals surface area (Å²) in [6.45, 7) is 5.81. The van der Waals surface area contributed by atoms with Crippen LogP contribution >= 0.6 is 0 Å². The lowest BCUT2D eigenvalue weighted by atomic mass is 10.0. The highest BCUT2D eigenvalue weighted by molar-refractivity contribution is 6.08. The van der Waals surface area contributed by atoms with E-state index in [1.165, 1.54) is 24.3 Å². The van der Waals surface area contributed by atoms with Gasteiger partial charge >= 0.3 is 0 Å². The third kappa shape index (κ3) is 4.64. The number of carbonyl (C=O) groups excluding carboxylic acids is 2. The molecule has 0 aliphatic carbocycles. The van der Waals surface area contributed by atoms with Gasteiger partial charge in [-0.3, -0.25) is 9.59 Å². The van der Waals surface area contributed by atoms with Gasteiger partial charge in [0.05, 0.1) is 0 Å². The summed E-state index contributed by atoms with van der Waals surface area (Å²) in [4.78, 5) is 23.9. The summed E-state index contributed by atoms with van der Waals surface area (Å²) in [6, 6.07) is 9.32. The average Bonchev–Trinajstić information content (AvgIpc) is 2.45. The van der Waals surface area contributed by atoms with Gasteiger partial charge in [0, 0.05) is 11.4 Å². The maximum atomic E-state index is 12.8. The number of amides is 2. The number of hydrogen-bond acceptors (Lipinski definition) is 2. The number of carbonyl (C=O) groups is 2. The summed E-state index contributed by atoms with van der Waals surface area (Å²) in [5, 5.41) is 5.33. The maximum absolute atomic E-state index is 12.8. The number of hydrogen-bond donors (Lipinski definition) is 2. The first-order valence-electron chi connectivity index (χ1n) is 7.28. The number of benzene rings is 2. The van der Waals surface area contributed by atoms with E-state index in [1.54, 1.807) is 0 Å². The highest BCUT2D eigenvalue weighted by atomic mass is 19.1. The number of aryl methyl sites for hydroxylation is 3. The highest BCUT2D eigenvalue weighted by Gasteiger charge is 2.12. The van der Waals surface area contributed by atoms with Crippen molar-refractivity contribution in [3.05, 3.63) is 58.9 Å². The minimum absolute atomic E-state index is 0.301. The maximum Gasteiger partial charge on any atom is 0.233 e. The van der Waals surface area contributed by atoms with E-state index in [-0.39, 0.29) is 18.1 Å². The topological polar surface area (TPSA) is 58.2 Å². The monoisotopic (exact) mass is 314 g/mol. The van der Waals surface area contributed by atoms with Crippen LogP contribution in [0.3, 0.4) is 0 Å². The summed E-state index contributed by atoms with van der Waals surface area (Å²) in [5.74, 6) is -1.22. The average molecular weight is 314 g/mol. The lowest BCUT2D eigenvalue weighted by Crippen LogP contribution is -2.22. The molecule has 2 aromatic carbocycles. The van der Waals surface area contributed by atoms with Crippen molar-refractivity contribution in [3.8, 4) is 0 Å². The molecule has 23 heavy (non-hydrogen) atoms. The molecule has 0 aromatic heterocycles. The van der Waals surface area contributed by atoms with Crippen molar-refractivity contribution in [3.63, 3.8) is 0 Å². The van der Waals surface area contributed by atoms with Crippen molar-refractivity contribution in [2.24, 2.45) is 0 Å². The van der Waals surface area contributed by atoms with Crippen LogP contribution in [-0.4, -0.2) is 11.8 Å². The Morgan fingerprint density at radius 2 is 1.43 bits per heavy atom. The molecule has 5 heteroatoms. The molecule has 0 aliphatic rings. The van der Waals surface area contributed by atoms with Gasteiger partial charge < -0.3 is 10.6 Å². The van der Waals surface area contributed by atoms with Crippen molar-refractivity contribution in [1.29, 1.82) is 0 Å². The van der Waals surface area contributed by atoms with Gasteiger partial charge in [0.15, 0.2) is 0 Å². The molecule has 4 nitrogen and oxygen atoms in total. The Hall–Kier alpha value is -2.69. The molecule has 0 bridgehead atoms. The largest absolute Gasteiger partial charge is 0.326 e. The molecule has 0 aliphatic heterocycles. The van der Waals surface area contributed by atoms with Crippen LogP contribution in [0, 0.1) is 26.6 Å². The zero-order valence-corrected chi connectivity index (χ0v) is 13.4. The van der Waals surface area contributed by atoms with Crippen LogP contribution in [0.1, 0.15) is 23.1 Å². The fourth-order valence-corrected chi connectivity index (χ4v) is 2.45. The van der Waals surface area contributed by atoms with E-state index >= 15 is 0 Å². The molecule has 0 atom stereocenters. The first-order chi connectivity index (χ1) is 10.8. The van der Waals surface area contributed by atoms with Crippen molar-refractivity contribution in [2.75, 3.05) is 10.6 Å². The standard InChI is InChI=1S/C18H19FN2O2/c1-11-8-12(2)18(13(3)9-11)21-17(23)10-16(22)20-15-6-4-14(19)5-7-15/h4-9H,10H2,1-3H3,(H,20,22)(H,21,23). The molecule has 2 aromatic rings. The van der Waals surface area contributed by atoms with E-state index in [2.05, 4.69) is 10.6 Å². The Kier molecular flexibility index (Phi) is 5.11. The minimum atomic E-state index is -0.448. The van der Waals surface area contributed by atoms with Crippen LogP contribution in [0.15, 0.2) is 36.4 Å². The predicted octanol–water partition coefficient (Wildman–Crippen LogP) is 3.72. The molecule has 2 rings (SSSR count). The molecular weight excluding hydrogens is 295 g/mol. The molecule has 0 spiro atoms. The van der Waals surface area contributed by atoms with E-state index in [0.717, 1.165) is 22.4 Å². The van der Waals surface area contributed by atoms with E-state index in [9.17, 15) is 14.0 Å². The molecule has 0 heterocycles. The fourth-order valence-electron chi connectivity index (χ4n) is 2.45. The number of rotatable bonds is 4. The molecule has 0 fully saturated rings. The number of halogens is 1. The van der Waals surface area contributed by atoms with Crippen LogP contribution in [0.4, 0.5) is 15.8 Å². The Balaban J connectivity index is 1.97. The first-order valence-corrected chi connectivity index (χ1v) is 7.28. The summed E-state index contributed by atoms with van der Waals surface area (Å²) in [5.41, 5.74) is 4.21. The van der Waals surface area contributed by atoms with E-state index in [0.29, 0.717) is 5.69 Å². The first kappa shape index (κ1) is 16.7. The second-order valence-electron chi connectivity index (χ2n) is 5.55. The number of anilines is 2. The van der Waals surface area contributed by atoms with Gasteiger partial charge in [0.25, 0.3) is 0 Å². The Bertz CT molecular complexity index is 716. The van der Waals surface area contributed by atoms with Crippen LogP contribution < -0.4 is 10.6 Å². The second kappa shape index (κ2) is 7.05. The van der Waals surface area contributed by atoms with Gasteiger partial charge in [-0.05, 0) is 56.2 Å². The molecular formula is C18H19FN2O2. The van der Waals surface area contributed by atoms with Crippen LogP contribution in [0.25, 0.3) is 0 Å². The Morgan fingerprint density at radius 3 is 2.00 bits per heavy atom. The lowest BCUT2D eigenvalue weighted by molar-refractivity contribution is -0.123. The van der Waals surface area contributed by atoms with Crippen LogP contribution in [0.5, 0.6) is 0 Å². The van der Waals surface area contributed by atoms with Crippen molar-refractivity contribution in [1.82, 2.24) is 0 Å². The summed E-state index contributed by atoms with van der Waals surface area (Å²) >= 11 is 0. The van der Waals surface area contributed by atoms with Gasteiger partial charge in [-0.15, -0.1) is 0 Å². The van der Waals surface area contributed by atoms with Gasteiger partial charge in [0.2, 0.25) is 11.8 Å². The van der Waals surface area contributed by atoms with Gasteiger partial charge in [-0.2, -0.15) is 0 Å². The molecule has 0 saturated carbocycles.